The first-order valence-corrected chi connectivity index (χ1v) is 7.57. The van der Waals surface area contributed by atoms with Gasteiger partial charge in [-0.1, -0.05) is 12.1 Å². The van der Waals surface area contributed by atoms with Gasteiger partial charge in [0.15, 0.2) is 5.13 Å². The highest BCUT2D eigenvalue weighted by Crippen LogP contribution is 2.29. The zero-order valence-electron chi connectivity index (χ0n) is 11.7. The number of hydrogen-bond acceptors (Lipinski definition) is 4. The molecule has 1 amide bonds. The molecule has 2 heterocycles. The summed E-state index contributed by atoms with van der Waals surface area (Å²) < 4.78 is 0. The van der Waals surface area contributed by atoms with Crippen LogP contribution in [0.25, 0.3) is 11.3 Å². The van der Waals surface area contributed by atoms with Crippen LogP contribution in [0, 0.1) is 0 Å². The Labute approximate surface area is 122 Å². The molecule has 1 fully saturated rings. The summed E-state index contributed by atoms with van der Waals surface area (Å²) in [4.78, 5) is 20.2. The number of nitrogens with zero attached hydrogens (tertiary/aromatic N) is 3. The number of thiazole rings is 1. The van der Waals surface area contributed by atoms with Crippen LogP contribution in [0.15, 0.2) is 29.6 Å². The smallest absolute Gasteiger partial charge is 0.227 e. The molecule has 20 heavy (non-hydrogen) atoms. The van der Waals surface area contributed by atoms with Gasteiger partial charge in [-0.15, -0.1) is 11.3 Å². The Bertz CT molecular complexity index is 618. The maximum Gasteiger partial charge on any atom is 0.227 e. The summed E-state index contributed by atoms with van der Waals surface area (Å²) in [6.07, 6.45) is 1.62. The van der Waals surface area contributed by atoms with Gasteiger partial charge < -0.3 is 9.80 Å². The van der Waals surface area contributed by atoms with E-state index in [9.17, 15) is 4.79 Å². The lowest BCUT2D eigenvalue weighted by atomic mass is 10.1. The van der Waals surface area contributed by atoms with Gasteiger partial charge in [-0.25, -0.2) is 4.98 Å². The van der Waals surface area contributed by atoms with Crippen LogP contribution in [0.3, 0.4) is 0 Å². The number of aromatic nitrogens is 1. The first-order chi connectivity index (χ1) is 9.65. The van der Waals surface area contributed by atoms with Crippen LogP contribution in [0.2, 0.25) is 0 Å². The third kappa shape index (κ3) is 2.41. The van der Waals surface area contributed by atoms with Crippen molar-refractivity contribution >= 4 is 28.1 Å². The molecule has 0 atom stereocenters. The Morgan fingerprint density at radius 1 is 1.25 bits per heavy atom. The van der Waals surface area contributed by atoms with Gasteiger partial charge in [0.2, 0.25) is 5.91 Å². The number of amides is 1. The van der Waals surface area contributed by atoms with Gasteiger partial charge >= 0.3 is 0 Å². The summed E-state index contributed by atoms with van der Waals surface area (Å²) in [6.45, 7) is 0.833. The van der Waals surface area contributed by atoms with Crippen LogP contribution in [0.5, 0.6) is 0 Å². The summed E-state index contributed by atoms with van der Waals surface area (Å²) in [7, 11) is 3.98. The van der Waals surface area contributed by atoms with E-state index in [0.29, 0.717) is 6.42 Å². The zero-order chi connectivity index (χ0) is 14.1. The van der Waals surface area contributed by atoms with Gasteiger partial charge in [0.05, 0.1) is 5.69 Å². The van der Waals surface area contributed by atoms with E-state index >= 15 is 0 Å². The van der Waals surface area contributed by atoms with Crippen LogP contribution in [0.1, 0.15) is 12.8 Å². The molecule has 1 aliphatic heterocycles. The summed E-state index contributed by atoms with van der Waals surface area (Å²) in [5.41, 5.74) is 3.06. The van der Waals surface area contributed by atoms with Crippen molar-refractivity contribution in [1.82, 2.24) is 4.98 Å². The predicted molar refractivity (Wildman–Crippen MR) is 83.5 cm³/mol. The van der Waals surface area contributed by atoms with E-state index in [1.165, 1.54) is 0 Å². The minimum absolute atomic E-state index is 0.223. The molecule has 0 spiro atoms. The molecule has 0 aliphatic carbocycles. The zero-order valence-corrected chi connectivity index (χ0v) is 12.5. The molecular formula is C15H17N3OS. The van der Waals surface area contributed by atoms with E-state index in [4.69, 9.17) is 0 Å². The van der Waals surface area contributed by atoms with Crippen molar-refractivity contribution in [3.05, 3.63) is 29.6 Å². The maximum absolute atomic E-state index is 11.7. The second-order valence-corrected chi connectivity index (χ2v) is 5.94. The lowest BCUT2D eigenvalue weighted by molar-refractivity contribution is -0.117. The van der Waals surface area contributed by atoms with Gasteiger partial charge in [0.1, 0.15) is 0 Å². The minimum Gasteiger partial charge on any atom is -0.354 e. The summed E-state index contributed by atoms with van der Waals surface area (Å²) in [5, 5.41) is 3.06. The summed E-state index contributed by atoms with van der Waals surface area (Å²) in [6, 6.07) is 8.09. The van der Waals surface area contributed by atoms with Crippen LogP contribution in [0.4, 0.5) is 10.8 Å². The van der Waals surface area contributed by atoms with E-state index in [0.717, 1.165) is 35.0 Å². The number of benzene rings is 1. The largest absolute Gasteiger partial charge is 0.354 e. The minimum atomic E-state index is 0.223. The molecule has 0 N–H and O–H groups in total. The fourth-order valence-corrected chi connectivity index (χ4v) is 3.10. The molecule has 5 heteroatoms. The molecule has 104 valence electrons. The molecule has 4 nitrogen and oxygen atoms in total. The molecule has 1 aromatic carbocycles. The molecule has 0 bridgehead atoms. The molecular weight excluding hydrogens is 270 g/mol. The van der Waals surface area contributed by atoms with E-state index in [-0.39, 0.29) is 5.91 Å². The van der Waals surface area contributed by atoms with Crippen LogP contribution < -0.4 is 9.80 Å². The van der Waals surface area contributed by atoms with E-state index < -0.39 is 0 Å². The highest BCUT2D eigenvalue weighted by atomic mass is 32.1. The molecule has 1 aliphatic rings. The monoisotopic (exact) mass is 287 g/mol. The van der Waals surface area contributed by atoms with Gasteiger partial charge in [0, 0.05) is 43.7 Å². The maximum atomic E-state index is 11.7. The lowest BCUT2D eigenvalue weighted by Gasteiger charge is -2.15. The van der Waals surface area contributed by atoms with Crippen LogP contribution in [-0.2, 0) is 4.79 Å². The van der Waals surface area contributed by atoms with Gasteiger partial charge in [-0.3, -0.25) is 4.79 Å². The van der Waals surface area contributed by atoms with Crippen molar-refractivity contribution < 1.29 is 4.79 Å². The first-order valence-electron chi connectivity index (χ1n) is 6.69. The number of carbonyl (C=O) groups excluding carboxylic acids is 1. The van der Waals surface area contributed by atoms with Gasteiger partial charge in [-0.2, -0.15) is 0 Å². The average molecular weight is 287 g/mol. The van der Waals surface area contributed by atoms with Crippen LogP contribution in [-0.4, -0.2) is 31.5 Å². The number of rotatable bonds is 3. The Morgan fingerprint density at radius 2 is 2.00 bits per heavy atom. The quantitative estimate of drug-likeness (QED) is 0.870. The van der Waals surface area contributed by atoms with E-state index in [1.807, 2.05) is 48.2 Å². The third-order valence-electron chi connectivity index (χ3n) is 3.42. The number of hydrogen-bond donors (Lipinski definition) is 0. The van der Waals surface area contributed by atoms with E-state index in [1.54, 1.807) is 11.3 Å². The third-order valence-corrected chi connectivity index (χ3v) is 4.43. The van der Waals surface area contributed by atoms with Crippen molar-refractivity contribution in [1.29, 1.82) is 0 Å². The average Bonchev–Trinajstić information content (AvgIpc) is 3.07. The fraction of sp³-hybridized carbons (Fsp3) is 0.333. The molecule has 3 rings (SSSR count). The molecule has 0 saturated carbocycles. The van der Waals surface area contributed by atoms with Crippen LogP contribution >= 0.6 is 11.3 Å². The van der Waals surface area contributed by atoms with E-state index in [2.05, 4.69) is 10.4 Å². The second-order valence-electron chi connectivity index (χ2n) is 5.11. The van der Waals surface area contributed by atoms with Crippen molar-refractivity contribution in [2.75, 3.05) is 30.4 Å². The predicted octanol–water partition coefficient (Wildman–Crippen LogP) is 3.00. The van der Waals surface area contributed by atoms with Crippen molar-refractivity contribution in [3.8, 4) is 11.3 Å². The lowest BCUT2D eigenvalue weighted by Crippen LogP contribution is -2.23. The number of carbonyl (C=O) groups is 1. The van der Waals surface area contributed by atoms with Crippen molar-refractivity contribution in [3.63, 3.8) is 0 Å². The van der Waals surface area contributed by atoms with Gasteiger partial charge in [-0.05, 0) is 18.6 Å². The standard InChI is InChI=1S/C15H17N3OS/c1-17(2)15-16-13(10-20-15)11-5-7-12(8-6-11)18-9-3-4-14(18)19/h5-8,10H,3-4,9H2,1-2H3. The molecule has 0 unspecified atom stereocenters. The fourth-order valence-electron chi connectivity index (χ4n) is 2.34. The summed E-state index contributed by atoms with van der Waals surface area (Å²) >= 11 is 1.63. The molecule has 0 radical (unpaired) electrons. The highest BCUT2D eigenvalue weighted by Gasteiger charge is 2.21. The Morgan fingerprint density at radius 3 is 2.55 bits per heavy atom. The number of anilines is 2. The van der Waals surface area contributed by atoms with Crippen molar-refractivity contribution in [2.24, 2.45) is 0 Å². The Balaban J connectivity index is 1.83. The topological polar surface area (TPSA) is 36.4 Å². The highest BCUT2D eigenvalue weighted by molar-refractivity contribution is 7.14. The van der Waals surface area contributed by atoms with Crippen molar-refractivity contribution in [2.45, 2.75) is 12.8 Å². The Hall–Kier alpha value is -1.88. The molecule has 2 aromatic rings. The second kappa shape index (κ2) is 5.25. The first kappa shape index (κ1) is 13.1. The Kier molecular flexibility index (Phi) is 3.44. The SMILES string of the molecule is CN(C)c1nc(-c2ccc(N3CCCC3=O)cc2)cs1. The molecule has 1 aromatic heterocycles. The molecule has 1 saturated heterocycles. The normalized spacial score (nSPS) is 14.9. The summed E-state index contributed by atoms with van der Waals surface area (Å²) in [5.74, 6) is 0.223. The van der Waals surface area contributed by atoms with Gasteiger partial charge in [0.25, 0.3) is 0 Å².